The van der Waals surface area contributed by atoms with E-state index in [9.17, 15) is 10.1 Å². The molecule has 0 aliphatic rings. The molecule has 0 heterocycles. The van der Waals surface area contributed by atoms with Crippen LogP contribution in [0.2, 0.25) is 0 Å². The number of rotatable bonds is 7. The number of nitro benzene ring substituents is 1. The van der Waals surface area contributed by atoms with E-state index < -0.39 is 4.92 Å². The van der Waals surface area contributed by atoms with Crippen molar-refractivity contribution in [1.82, 2.24) is 0 Å². The summed E-state index contributed by atoms with van der Waals surface area (Å²) in [5.74, 6) is 5.40. The molecular weight excluding hydrogens is 226 g/mol. The number of methoxy groups -OCH3 is 1. The molecule has 0 saturated heterocycles. The molecule has 0 radical (unpaired) electrons. The van der Waals surface area contributed by atoms with E-state index in [2.05, 4.69) is 5.43 Å². The Morgan fingerprint density at radius 1 is 1.47 bits per heavy atom. The summed E-state index contributed by atoms with van der Waals surface area (Å²) in [5.41, 5.74) is 2.33. The minimum atomic E-state index is -0.527. The Hall–Kier alpha value is -1.86. The van der Waals surface area contributed by atoms with Gasteiger partial charge in [-0.25, -0.2) is 0 Å². The van der Waals surface area contributed by atoms with Gasteiger partial charge in [0.2, 0.25) is 0 Å². The highest BCUT2D eigenvalue weighted by molar-refractivity contribution is 5.67. The van der Waals surface area contributed by atoms with Crippen molar-refractivity contribution in [2.45, 2.75) is 6.42 Å². The monoisotopic (exact) mass is 241 g/mol. The van der Waals surface area contributed by atoms with Crippen LogP contribution < -0.4 is 16.0 Å². The van der Waals surface area contributed by atoms with E-state index in [1.54, 1.807) is 13.2 Å². The highest BCUT2D eigenvalue weighted by atomic mass is 16.6. The van der Waals surface area contributed by atoms with Crippen LogP contribution in [-0.4, -0.2) is 25.2 Å². The summed E-state index contributed by atoms with van der Waals surface area (Å²) < 4.78 is 10.2. The molecule has 3 N–H and O–H groups in total. The molecular formula is C10H15N3O4. The summed E-state index contributed by atoms with van der Waals surface area (Å²) in [6.07, 6.45) is 0.661. The summed E-state index contributed by atoms with van der Waals surface area (Å²) in [7, 11) is 1.58. The van der Waals surface area contributed by atoms with Crippen molar-refractivity contribution in [3.63, 3.8) is 0 Å². The van der Waals surface area contributed by atoms with Crippen LogP contribution in [0.3, 0.4) is 0 Å². The van der Waals surface area contributed by atoms with E-state index in [4.69, 9.17) is 15.3 Å². The largest absolute Gasteiger partial charge is 0.487 e. The third-order valence-corrected chi connectivity index (χ3v) is 2.09. The molecule has 0 fully saturated rings. The van der Waals surface area contributed by atoms with Crippen LogP contribution in [0.25, 0.3) is 0 Å². The lowest BCUT2D eigenvalue weighted by Gasteiger charge is -2.08. The minimum Gasteiger partial charge on any atom is -0.487 e. The van der Waals surface area contributed by atoms with E-state index in [0.717, 1.165) is 0 Å². The summed E-state index contributed by atoms with van der Waals surface area (Å²) >= 11 is 0. The average Bonchev–Trinajstić information content (AvgIpc) is 2.33. The third kappa shape index (κ3) is 3.58. The van der Waals surface area contributed by atoms with Crippen molar-refractivity contribution >= 4 is 11.4 Å². The van der Waals surface area contributed by atoms with Crippen molar-refractivity contribution in [3.8, 4) is 5.75 Å². The molecule has 0 amide bonds. The molecule has 1 aromatic carbocycles. The van der Waals surface area contributed by atoms with Crippen LogP contribution in [0.4, 0.5) is 11.4 Å². The van der Waals surface area contributed by atoms with Crippen LogP contribution in [0.15, 0.2) is 18.2 Å². The van der Waals surface area contributed by atoms with Gasteiger partial charge in [-0.05, 0) is 12.1 Å². The van der Waals surface area contributed by atoms with Crippen LogP contribution in [-0.2, 0) is 4.74 Å². The maximum atomic E-state index is 10.9. The zero-order valence-electron chi connectivity index (χ0n) is 9.51. The molecule has 0 saturated carbocycles. The van der Waals surface area contributed by atoms with E-state index in [1.807, 2.05) is 0 Å². The number of nitro groups is 1. The Labute approximate surface area is 98.6 Å². The molecule has 1 rings (SSSR count). The summed E-state index contributed by atoms with van der Waals surface area (Å²) in [6.45, 7) is 0.894. The second kappa shape index (κ2) is 6.66. The Morgan fingerprint density at radius 3 is 2.82 bits per heavy atom. The van der Waals surface area contributed by atoms with Gasteiger partial charge in [0, 0.05) is 20.1 Å². The maximum Gasteiger partial charge on any atom is 0.335 e. The molecule has 7 nitrogen and oxygen atoms in total. The van der Waals surface area contributed by atoms with Crippen molar-refractivity contribution in [3.05, 3.63) is 28.3 Å². The number of benzene rings is 1. The number of ether oxygens (including phenoxy) is 2. The number of nitrogens with two attached hydrogens (primary N) is 1. The number of hydrogen-bond donors (Lipinski definition) is 2. The molecule has 0 aliphatic carbocycles. The molecule has 0 bridgehead atoms. The standard InChI is InChI=1S/C10H15N3O4/c1-16-6-3-7-17-9-5-2-4-8(12-11)10(9)13(14)15/h2,4-5,12H,3,6-7,11H2,1H3. The van der Waals surface area contributed by atoms with Gasteiger partial charge in [0.15, 0.2) is 5.75 Å². The molecule has 1 aromatic rings. The zero-order valence-corrected chi connectivity index (χ0v) is 9.51. The number of anilines is 1. The van der Waals surface area contributed by atoms with Gasteiger partial charge in [-0.3, -0.25) is 16.0 Å². The maximum absolute atomic E-state index is 10.9. The van der Waals surface area contributed by atoms with Crippen molar-refractivity contribution < 1.29 is 14.4 Å². The first-order valence-corrected chi connectivity index (χ1v) is 5.06. The number of hydrazine groups is 1. The third-order valence-electron chi connectivity index (χ3n) is 2.09. The molecule has 7 heteroatoms. The van der Waals surface area contributed by atoms with Gasteiger partial charge in [-0.2, -0.15) is 0 Å². The lowest BCUT2D eigenvalue weighted by atomic mass is 10.2. The Bertz CT molecular complexity index is 384. The first-order chi connectivity index (χ1) is 8.20. The van der Waals surface area contributed by atoms with Gasteiger partial charge in [-0.1, -0.05) is 6.07 Å². The predicted octanol–water partition coefficient (Wildman–Crippen LogP) is 1.30. The number of para-hydroxylation sites is 1. The zero-order chi connectivity index (χ0) is 12.7. The van der Waals surface area contributed by atoms with E-state index in [-0.39, 0.29) is 17.1 Å². The normalized spacial score (nSPS) is 10.0. The molecule has 0 unspecified atom stereocenters. The van der Waals surface area contributed by atoms with Gasteiger partial charge in [0.05, 0.1) is 11.5 Å². The smallest absolute Gasteiger partial charge is 0.335 e. The Kier molecular flexibility index (Phi) is 5.18. The number of nitrogens with zero attached hydrogens (tertiary/aromatic N) is 1. The first-order valence-electron chi connectivity index (χ1n) is 5.06. The molecule has 0 aromatic heterocycles. The molecule has 17 heavy (non-hydrogen) atoms. The SMILES string of the molecule is COCCCOc1cccc(NN)c1[N+](=O)[O-]. The fourth-order valence-electron chi connectivity index (χ4n) is 1.33. The second-order valence-corrected chi connectivity index (χ2v) is 3.25. The lowest BCUT2D eigenvalue weighted by molar-refractivity contribution is -0.385. The van der Waals surface area contributed by atoms with Crippen molar-refractivity contribution in [2.24, 2.45) is 5.84 Å². The van der Waals surface area contributed by atoms with Gasteiger partial charge >= 0.3 is 5.69 Å². The van der Waals surface area contributed by atoms with Crippen LogP contribution in [0.5, 0.6) is 5.75 Å². The number of nitrogen functional groups attached to an aromatic ring is 1. The van der Waals surface area contributed by atoms with Crippen molar-refractivity contribution in [1.29, 1.82) is 0 Å². The number of hydrogen-bond acceptors (Lipinski definition) is 6. The molecule has 0 atom stereocenters. The van der Waals surface area contributed by atoms with Gasteiger partial charge in [0.25, 0.3) is 0 Å². The highest BCUT2D eigenvalue weighted by Crippen LogP contribution is 2.34. The van der Waals surface area contributed by atoms with Crippen LogP contribution in [0, 0.1) is 10.1 Å². The van der Waals surface area contributed by atoms with Crippen LogP contribution in [0.1, 0.15) is 6.42 Å². The molecule has 0 spiro atoms. The first kappa shape index (κ1) is 13.2. The fraction of sp³-hybridized carbons (Fsp3) is 0.400. The predicted molar refractivity (Wildman–Crippen MR) is 62.9 cm³/mol. The quantitative estimate of drug-likeness (QED) is 0.323. The lowest BCUT2D eigenvalue weighted by Crippen LogP contribution is -2.10. The van der Waals surface area contributed by atoms with Crippen LogP contribution >= 0.6 is 0 Å². The summed E-state index contributed by atoms with van der Waals surface area (Å²) in [5, 5.41) is 10.9. The second-order valence-electron chi connectivity index (χ2n) is 3.25. The summed E-state index contributed by atoms with van der Waals surface area (Å²) in [6, 6.07) is 4.68. The minimum absolute atomic E-state index is 0.160. The highest BCUT2D eigenvalue weighted by Gasteiger charge is 2.20. The molecule has 94 valence electrons. The van der Waals surface area contributed by atoms with Gasteiger partial charge < -0.3 is 14.9 Å². The Morgan fingerprint density at radius 2 is 2.24 bits per heavy atom. The van der Waals surface area contributed by atoms with Crippen molar-refractivity contribution in [2.75, 3.05) is 25.7 Å². The summed E-state index contributed by atoms with van der Waals surface area (Å²) in [4.78, 5) is 10.4. The Balaban J connectivity index is 2.79. The van der Waals surface area contributed by atoms with E-state index >= 15 is 0 Å². The average molecular weight is 241 g/mol. The van der Waals surface area contributed by atoms with E-state index in [0.29, 0.717) is 19.6 Å². The van der Waals surface area contributed by atoms with Gasteiger partial charge in [0.1, 0.15) is 5.69 Å². The topological polar surface area (TPSA) is 99.7 Å². The fourth-order valence-corrected chi connectivity index (χ4v) is 1.33. The molecule has 0 aliphatic heterocycles. The number of nitrogens with one attached hydrogen (secondary N) is 1. The van der Waals surface area contributed by atoms with E-state index in [1.165, 1.54) is 12.1 Å². The van der Waals surface area contributed by atoms with Gasteiger partial charge in [-0.15, -0.1) is 0 Å².